The molecular formula is C17H26BNO. The fourth-order valence-electron chi connectivity index (χ4n) is 3.36. The van der Waals surface area contributed by atoms with E-state index in [1.807, 2.05) is 0 Å². The Balaban J connectivity index is 2.60. The van der Waals surface area contributed by atoms with Crippen molar-refractivity contribution in [3.63, 3.8) is 0 Å². The van der Waals surface area contributed by atoms with Gasteiger partial charge in [-0.05, 0) is 42.9 Å². The van der Waals surface area contributed by atoms with E-state index < -0.39 is 0 Å². The first-order valence-corrected chi connectivity index (χ1v) is 7.56. The van der Waals surface area contributed by atoms with Crippen molar-refractivity contribution >= 4 is 19.4 Å². The molecule has 1 N–H and O–H groups in total. The van der Waals surface area contributed by atoms with E-state index in [1.54, 1.807) is 0 Å². The highest BCUT2D eigenvalue weighted by Crippen LogP contribution is 2.23. The Morgan fingerprint density at radius 3 is 2.70 bits per heavy atom. The molecule has 0 aliphatic heterocycles. The van der Waals surface area contributed by atoms with E-state index in [9.17, 15) is 5.11 Å². The Bertz CT molecular complexity index is 652. The topological polar surface area (TPSA) is 25.2 Å². The van der Waals surface area contributed by atoms with Gasteiger partial charge in [-0.1, -0.05) is 26.5 Å². The maximum Gasteiger partial charge on any atom is 0.134 e. The molecule has 2 nitrogen and oxygen atoms in total. The molecule has 0 fully saturated rings. The minimum atomic E-state index is 0.134. The molecule has 1 aromatic heterocycles. The van der Waals surface area contributed by atoms with Gasteiger partial charge in [-0.15, -0.1) is 5.47 Å². The summed E-state index contributed by atoms with van der Waals surface area (Å²) in [5, 5.41) is 12.7. The van der Waals surface area contributed by atoms with Gasteiger partial charge in [0, 0.05) is 24.0 Å². The highest BCUT2D eigenvalue weighted by Gasteiger charge is 2.21. The zero-order chi connectivity index (χ0) is 15.0. The first-order chi connectivity index (χ1) is 9.34. The van der Waals surface area contributed by atoms with Crippen LogP contribution in [-0.2, 0) is 13.5 Å². The van der Waals surface area contributed by atoms with E-state index in [4.69, 9.17) is 0 Å². The van der Waals surface area contributed by atoms with E-state index in [2.05, 4.69) is 52.9 Å². The molecule has 0 saturated heterocycles. The monoisotopic (exact) mass is 271 g/mol. The van der Waals surface area contributed by atoms with Crippen molar-refractivity contribution in [2.45, 2.75) is 40.0 Å². The number of aromatic nitrogens is 1. The van der Waals surface area contributed by atoms with Crippen molar-refractivity contribution in [2.24, 2.45) is 18.9 Å². The number of nitrogens with zero attached hydrogens (tertiary/aromatic N) is 1. The Labute approximate surface area is 122 Å². The number of hydrogen-bond acceptors (Lipinski definition) is 1. The Morgan fingerprint density at radius 1 is 1.50 bits per heavy atom. The Morgan fingerprint density at radius 2 is 2.15 bits per heavy atom. The van der Waals surface area contributed by atoms with Gasteiger partial charge in [0.2, 0.25) is 0 Å². The van der Waals surface area contributed by atoms with E-state index in [0.717, 1.165) is 19.3 Å². The molecule has 0 radical (unpaired) electrons. The van der Waals surface area contributed by atoms with Gasteiger partial charge < -0.3 is 9.67 Å². The molecule has 0 saturated carbocycles. The SMILES string of the molecule is BC1=c2c(CC(C(=C)O)C(C)C)c(C)n(C)c2=CCC1. The number of aliphatic hydroxyl groups excluding tert-OH is 1. The summed E-state index contributed by atoms with van der Waals surface area (Å²) < 4.78 is 2.30. The van der Waals surface area contributed by atoms with Crippen LogP contribution in [0.5, 0.6) is 0 Å². The summed E-state index contributed by atoms with van der Waals surface area (Å²) in [5.74, 6) is 0.847. The van der Waals surface area contributed by atoms with Crippen LogP contribution in [0.2, 0.25) is 0 Å². The molecule has 20 heavy (non-hydrogen) atoms. The molecule has 3 heteroatoms. The predicted octanol–water partition coefficient (Wildman–Crippen LogP) is 1.54. The second-order valence-electron chi connectivity index (χ2n) is 6.45. The summed E-state index contributed by atoms with van der Waals surface area (Å²) in [4.78, 5) is 0. The number of rotatable bonds is 4. The molecule has 0 bridgehead atoms. The van der Waals surface area contributed by atoms with Crippen molar-refractivity contribution < 1.29 is 5.11 Å². The van der Waals surface area contributed by atoms with Crippen molar-refractivity contribution in [2.75, 3.05) is 0 Å². The predicted molar refractivity (Wildman–Crippen MR) is 88.9 cm³/mol. The third-order valence-corrected chi connectivity index (χ3v) is 4.80. The highest BCUT2D eigenvalue weighted by atomic mass is 16.3. The summed E-state index contributed by atoms with van der Waals surface area (Å²) in [6, 6.07) is 0. The summed E-state index contributed by atoms with van der Waals surface area (Å²) in [6.07, 6.45) is 5.51. The molecular weight excluding hydrogens is 245 g/mol. The number of hydrogen-bond donors (Lipinski definition) is 1. The molecule has 0 amide bonds. The minimum Gasteiger partial charge on any atom is -0.513 e. The van der Waals surface area contributed by atoms with Crippen molar-refractivity contribution in [1.82, 2.24) is 4.57 Å². The number of fused-ring (bicyclic) bond motifs is 1. The van der Waals surface area contributed by atoms with Gasteiger partial charge in [0.15, 0.2) is 0 Å². The van der Waals surface area contributed by atoms with Gasteiger partial charge in [-0.25, -0.2) is 0 Å². The second kappa shape index (κ2) is 5.55. The van der Waals surface area contributed by atoms with Gasteiger partial charge in [-0.3, -0.25) is 0 Å². The van der Waals surface area contributed by atoms with E-state index in [1.165, 1.54) is 27.3 Å². The zero-order valence-electron chi connectivity index (χ0n) is 13.5. The average molecular weight is 271 g/mol. The fraction of sp³-hybridized carbons (Fsp3) is 0.529. The lowest BCUT2D eigenvalue weighted by Crippen LogP contribution is -2.34. The van der Waals surface area contributed by atoms with Crippen molar-refractivity contribution in [3.8, 4) is 0 Å². The van der Waals surface area contributed by atoms with Gasteiger partial charge in [-0.2, -0.15) is 0 Å². The third kappa shape index (κ3) is 2.46. The standard InChI is InChI=1S/C17H26BNO/c1-10(2)13(12(4)20)9-14-11(3)19(5)16-8-6-7-15(18)17(14)16/h8,10,13,20H,4,6-7,9,18H2,1-3,5H3. The van der Waals surface area contributed by atoms with Crippen LogP contribution in [0.15, 0.2) is 12.3 Å². The molecule has 1 atom stereocenters. The summed E-state index contributed by atoms with van der Waals surface area (Å²) in [6.45, 7) is 10.3. The lowest BCUT2D eigenvalue weighted by atomic mass is 9.82. The zero-order valence-corrected chi connectivity index (χ0v) is 13.5. The normalized spacial score (nSPS) is 15.9. The van der Waals surface area contributed by atoms with Crippen LogP contribution < -0.4 is 10.6 Å². The van der Waals surface area contributed by atoms with Gasteiger partial charge in [0.05, 0.1) is 5.76 Å². The van der Waals surface area contributed by atoms with Crippen LogP contribution in [0.3, 0.4) is 0 Å². The Hall–Kier alpha value is -1.38. The molecule has 108 valence electrons. The van der Waals surface area contributed by atoms with Crippen LogP contribution in [-0.4, -0.2) is 17.5 Å². The van der Waals surface area contributed by atoms with E-state index in [0.29, 0.717) is 11.7 Å². The lowest BCUT2D eigenvalue weighted by molar-refractivity contribution is 0.282. The summed E-state index contributed by atoms with van der Waals surface area (Å²) in [5.41, 5.74) is 4.19. The maximum absolute atomic E-state index is 9.90. The quantitative estimate of drug-likeness (QED) is 0.652. The molecule has 1 aromatic rings. The molecule has 2 rings (SSSR count). The molecule has 1 heterocycles. The molecule has 1 aliphatic carbocycles. The molecule has 1 unspecified atom stereocenters. The first kappa shape index (κ1) is 15.0. The van der Waals surface area contributed by atoms with E-state index in [-0.39, 0.29) is 5.92 Å². The van der Waals surface area contributed by atoms with Crippen LogP contribution in [0.1, 0.15) is 37.9 Å². The van der Waals surface area contributed by atoms with Crippen LogP contribution in [0, 0.1) is 18.8 Å². The van der Waals surface area contributed by atoms with Gasteiger partial charge >= 0.3 is 0 Å². The minimum absolute atomic E-state index is 0.134. The Kier molecular flexibility index (Phi) is 4.17. The summed E-state index contributed by atoms with van der Waals surface area (Å²) in [7, 11) is 4.39. The van der Waals surface area contributed by atoms with E-state index >= 15 is 0 Å². The van der Waals surface area contributed by atoms with Crippen LogP contribution in [0.25, 0.3) is 11.5 Å². The first-order valence-electron chi connectivity index (χ1n) is 7.56. The summed E-state index contributed by atoms with van der Waals surface area (Å²) >= 11 is 0. The number of allylic oxidation sites excluding steroid dienone is 1. The van der Waals surface area contributed by atoms with Crippen molar-refractivity contribution in [3.05, 3.63) is 34.2 Å². The lowest BCUT2D eigenvalue weighted by Gasteiger charge is -2.20. The fourth-order valence-corrected chi connectivity index (χ4v) is 3.36. The molecule has 0 aromatic carbocycles. The molecule has 0 spiro atoms. The third-order valence-electron chi connectivity index (χ3n) is 4.80. The smallest absolute Gasteiger partial charge is 0.134 e. The van der Waals surface area contributed by atoms with Crippen LogP contribution >= 0.6 is 0 Å². The number of aliphatic hydroxyl groups is 1. The second-order valence-corrected chi connectivity index (χ2v) is 6.45. The van der Waals surface area contributed by atoms with Gasteiger partial charge in [0.1, 0.15) is 7.85 Å². The van der Waals surface area contributed by atoms with Gasteiger partial charge in [0.25, 0.3) is 0 Å². The average Bonchev–Trinajstić information content (AvgIpc) is 2.61. The molecule has 1 aliphatic rings. The largest absolute Gasteiger partial charge is 0.513 e. The van der Waals surface area contributed by atoms with Crippen LogP contribution in [0.4, 0.5) is 0 Å². The van der Waals surface area contributed by atoms with Crippen molar-refractivity contribution in [1.29, 1.82) is 0 Å². The maximum atomic E-state index is 9.90. The highest BCUT2D eigenvalue weighted by molar-refractivity contribution is 6.38.